The van der Waals surface area contributed by atoms with Crippen LogP contribution in [0.1, 0.15) is 40.0 Å². The molecular weight excluding hydrogens is 170 g/mol. The third-order valence-corrected chi connectivity index (χ3v) is 2.97. The lowest BCUT2D eigenvalue weighted by atomic mass is 10.0. The molecule has 1 aliphatic carbocycles. The molecule has 1 heteroatoms. The smallest absolute Gasteiger partial charge is 0.0711 e. The normalized spacial score (nSPS) is 19.5. The third-order valence-electron chi connectivity index (χ3n) is 2.97. The van der Waals surface area contributed by atoms with Crippen LogP contribution < -0.4 is 0 Å². The van der Waals surface area contributed by atoms with Crippen molar-refractivity contribution in [3.05, 3.63) is 34.6 Å². The molecule has 0 amide bonds. The number of hydrogen-bond acceptors (Lipinski definition) is 1. The quantitative estimate of drug-likeness (QED) is 0.637. The van der Waals surface area contributed by atoms with Gasteiger partial charge in [0, 0.05) is 11.3 Å². The minimum absolute atomic E-state index is 1.04. The van der Waals surface area contributed by atoms with Gasteiger partial charge in [-0.3, -0.25) is 4.99 Å². The number of fused-ring (bicyclic) bond motifs is 1. The largest absolute Gasteiger partial charge is 0.253 e. The highest BCUT2D eigenvalue weighted by Gasteiger charge is 2.22. The number of aliphatic imine (C=N–C) groups is 1. The summed E-state index contributed by atoms with van der Waals surface area (Å²) in [7, 11) is 0. The highest BCUT2D eigenvalue weighted by atomic mass is 14.8. The van der Waals surface area contributed by atoms with Crippen LogP contribution in [0.2, 0.25) is 0 Å². The molecule has 0 saturated carbocycles. The number of allylic oxidation sites excluding steroid dienone is 6. The predicted octanol–water partition coefficient (Wildman–Crippen LogP) is 3.79. The van der Waals surface area contributed by atoms with E-state index in [0.717, 1.165) is 19.3 Å². The lowest BCUT2D eigenvalue weighted by molar-refractivity contribution is 1.03. The first-order chi connectivity index (χ1) is 6.80. The fourth-order valence-electron chi connectivity index (χ4n) is 2.18. The zero-order valence-corrected chi connectivity index (χ0v) is 9.22. The summed E-state index contributed by atoms with van der Waals surface area (Å²) >= 11 is 0. The number of rotatable bonds is 3. The van der Waals surface area contributed by atoms with E-state index in [2.05, 4.69) is 37.9 Å². The monoisotopic (exact) mass is 187 g/mol. The Morgan fingerprint density at radius 2 is 1.79 bits per heavy atom. The van der Waals surface area contributed by atoms with Crippen molar-refractivity contribution in [3.63, 3.8) is 0 Å². The summed E-state index contributed by atoms with van der Waals surface area (Å²) in [5, 5.41) is 0. The summed E-state index contributed by atoms with van der Waals surface area (Å²) in [5.74, 6) is 0. The van der Waals surface area contributed by atoms with Crippen molar-refractivity contribution in [2.24, 2.45) is 4.99 Å². The molecule has 0 atom stereocenters. The van der Waals surface area contributed by atoms with Gasteiger partial charge in [-0.15, -0.1) is 0 Å². The minimum atomic E-state index is 1.04. The van der Waals surface area contributed by atoms with Gasteiger partial charge in [0.05, 0.1) is 5.71 Å². The number of nitrogens with zero attached hydrogens (tertiary/aromatic N) is 1. The molecule has 14 heavy (non-hydrogen) atoms. The summed E-state index contributed by atoms with van der Waals surface area (Å²) in [6, 6.07) is 0. The summed E-state index contributed by atoms with van der Waals surface area (Å²) < 4.78 is 0. The molecule has 2 aliphatic rings. The van der Waals surface area contributed by atoms with E-state index < -0.39 is 0 Å². The maximum absolute atomic E-state index is 4.61. The van der Waals surface area contributed by atoms with Crippen LogP contribution in [0.3, 0.4) is 0 Å². The fourth-order valence-corrected chi connectivity index (χ4v) is 2.18. The average molecular weight is 187 g/mol. The van der Waals surface area contributed by atoms with E-state index in [0.29, 0.717) is 0 Å². The maximum atomic E-state index is 4.61. The molecule has 0 aromatic heterocycles. The van der Waals surface area contributed by atoms with Crippen molar-refractivity contribution in [1.29, 1.82) is 0 Å². The van der Waals surface area contributed by atoms with Crippen LogP contribution in [0.25, 0.3) is 0 Å². The molecule has 0 bridgehead atoms. The first-order valence-corrected chi connectivity index (χ1v) is 5.53. The second kappa shape index (κ2) is 3.56. The predicted molar refractivity (Wildman–Crippen MR) is 61.5 cm³/mol. The molecule has 0 unspecified atom stereocenters. The zero-order valence-electron chi connectivity index (χ0n) is 9.22. The average Bonchev–Trinajstić information content (AvgIpc) is 2.72. The molecule has 0 saturated heterocycles. The van der Waals surface area contributed by atoms with Gasteiger partial charge in [-0.2, -0.15) is 0 Å². The van der Waals surface area contributed by atoms with Crippen LogP contribution in [0.5, 0.6) is 0 Å². The molecule has 0 aromatic carbocycles. The first-order valence-electron chi connectivity index (χ1n) is 5.53. The van der Waals surface area contributed by atoms with E-state index >= 15 is 0 Å². The summed E-state index contributed by atoms with van der Waals surface area (Å²) in [6.45, 7) is 6.61. The van der Waals surface area contributed by atoms with Crippen LogP contribution in [0.4, 0.5) is 0 Å². The Hall–Kier alpha value is -1.11. The summed E-state index contributed by atoms with van der Waals surface area (Å²) in [4.78, 5) is 4.61. The Bertz CT molecular complexity index is 378. The van der Waals surface area contributed by atoms with E-state index in [1.807, 2.05) is 0 Å². The molecule has 0 N–H and O–H groups in total. The van der Waals surface area contributed by atoms with E-state index in [1.54, 1.807) is 0 Å². The highest BCUT2D eigenvalue weighted by Crippen LogP contribution is 2.34. The van der Waals surface area contributed by atoms with Gasteiger partial charge in [0.2, 0.25) is 0 Å². The van der Waals surface area contributed by atoms with Crippen LogP contribution in [-0.4, -0.2) is 5.71 Å². The van der Waals surface area contributed by atoms with E-state index in [-0.39, 0.29) is 0 Å². The molecule has 0 fully saturated rings. The molecule has 74 valence electrons. The Morgan fingerprint density at radius 1 is 1.00 bits per heavy atom. The van der Waals surface area contributed by atoms with Crippen molar-refractivity contribution < 1.29 is 0 Å². The highest BCUT2D eigenvalue weighted by molar-refractivity contribution is 6.17. The molecule has 1 heterocycles. The molecule has 0 aromatic rings. The summed E-state index contributed by atoms with van der Waals surface area (Å²) in [5.41, 5.74) is 6.81. The lowest BCUT2D eigenvalue weighted by Gasteiger charge is -2.03. The van der Waals surface area contributed by atoms with Crippen molar-refractivity contribution in [1.82, 2.24) is 0 Å². The molecule has 2 rings (SSSR count). The van der Waals surface area contributed by atoms with Gasteiger partial charge in [0.25, 0.3) is 0 Å². The van der Waals surface area contributed by atoms with Crippen molar-refractivity contribution >= 4 is 5.71 Å². The lowest BCUT2D eigenvalue weighted by Crippen LogP contribution is -1.88. The first kappa shape index (κ1) is 9.45. The Labute approximate surface area is 85.9 Å². The van der Waals surface area contributed by atoms with Crippen LogP contribution in [-0.2, 0) is 0 Å². The van der Waals surface area contributed by atoms with Crippen molar-refractivity contribution in [2.75, 3.05) is 0 Å². The van der Waals surface area contributed by atoms with E-state index in [9.17, 15) is 0 Å². The molecule has 0 spiro atoms. The SMILES string of the molecule is CCC1=CC2=C(CC)C(CC)=CC2=N1. The van der Waals surface area contributed by atoms with Crippen LogP contribution in [0, 0.1) is 0 Å². The molecule has 1 aliphatic heterocycles. The van der Waals surface area contributed by atoms with Crippen molar-refractivity contribution in [2.45, 2.75) is 40.0 Å². The Kier molecular flexibility index (Phi) is 2.40. The van der Waals surface area contributed by atoms with Crippen LogP contribution in [0.15, 0.2) is 39.6 Å². The van der Waals surface area contributed by atoms with Gasteiger partial charge in [-0.05, 0) is 42.6 Å². The van der Waals surface area contributed by atoms with Gasteiger partial charge in [-0.1, -0.05) is 20.8 Å². The van der Waals surface area contributed by atoms with Gasteiger partial charge >= 0.3 is 0 Å². The topological polar surface area (TPSA) is 12.4 Å². The second-order valence-electron chi connectivity index (χ2n) is 3.76. The van der Waals surface area contributed by atoms with Gasteiger partial charge < -0.3 is 0 Å². The Balaban J connectivity index is 2.42. The molecule has 0 radical (unpaired) electrons. The van der Waals surface area contributed by atoms with Gasteiger partial charge in [0.15, 0.2) is 0 Å². The molecular formula is C13H17N. The fraction of sp³-hybridized carbons (Fsp3) is 0.462. The molecule has 1 nitrogen and oxygen atoms in total. The third kappa shape index (κ3) is 1.28. The van der Waals surface area contributed by atoms with Gasteiger partial charge in [-0.25, -0.2) is 0 Å². The summed E-state index contributed by atoms with van der Waals surface area (Å²) in [6.07, 6.45) is 7.81. The van der Waals surface area contributed by atoms with Crippen molar-refractivity contribution in [3.8, 4) is 0 Å². The zero-order chi connectivity index (χ0) is 10.1. The number of hydrogen-bond donors (Lipinski definition) is 0. The standard InChI is InChI=1S/C13H17N/c1-4-9-7-13-12(11(9)6-3)8-10(5-2)14-13/h7-8H,4-6H2,1-3H3. The van der Waals surface area contributed by atoms with E-state index in [4.69, 9.17) is 0 Å². The Morgan fingerprint density at radius 3 is 2.36 bits per heavy atom. The van der Waals surface area contributed by atoms with Crippen LogP contribution >= 0.6 is 0 Å². The second-order valence-corrected chi connectivity index (χ2v) is 3.76. The van der Waals surface area contributed by atoms with Gasteiger partial charge in [0.1, 0.15) is 0 Å². The van der Waals surface area contributed by atoms with E-state index in [1.165, 1.54) is 28.1 Å². The maximum Gasteiger partial charge on any atom is 0.0711 e. The minimum Gasteiger partial charge on any atom is -0.253 e.